The molecule has 0 aliphatic heterocycles. The third-order valence-corrected chi connectivity index (χ3v) is 5.71. The number of H-pyrrole nitrogens is 1. The molecule has 0 aliphatic carbocycles. The van der Waals surface area contributed by atoms with E-state index in [2.05, 4.69) is 20.1 Å². The van der Waals surface area contributed by atoms with Crippen LogP contribution in [0, 0.1) is 11.6 Å². The number of hydrogen-bond donors (Lipinski definition) is 1. The maximum Gasteiger partial charge on any atom is 0.265 e. The molecule has 0 fully saturated rings. The van der Waals surface area contributed by atoms with Gasteiger partial charge in [-0.25, -0.2) is 18.7 Å². The Morgan fingerprint density at radius 3 is 2.44 bits per heavy atom. The summed E-state index contributed by atoms with van der Waals surface area (Å²) < 4.78 is 44.2. The maximum atomic E-state index is 15.5. The van der Waals surface area contributed by atoms with E-state index in [9.17, 15) is 4.79 Å². The van der Waals surface area contributed by atoms with Gasteiger partial charge in [0, 0.05) is 37.4 Å². The second-order valence-corrected chi connectivity index (χ2v) is 7.87. The molecule has 1 N–H and O–H groups in total. The normalized spacial score (nSPS) is 11.1. The number of aromatic amines is 1. The third-order valence-electron chi connectivity index (χ3n) is 5.71. The van der Waals surface area contributed by atoms with Crippen LogP contribution in [-0.4, -0.2) is 43.5 Å². The molecule has 0 bridgehead atoms. The molecule has 10 nitrogen and oxygen atoms in total. The Hall–Kier alpha value is -4.74. The summed E-state index contributed by atoms with van der Waals surface area (Å²) in [6.07, 6.45) is 7.76. The molecule has 12 heteroatoms. The Morgan fingerprint density at radius 2 is 1.83 bits per heavy atom. The van der Waals surface area contributed by atoms with E-state index in [1.165, 1.54) is 48.5 Å². The number of aryl methyl sites for hydroxylation is 1. The van der Waals surface area contributed by atoms with Crippen molar-refractivity contribution in [1.29, 1.82) is 0 Å². The van der Waals surface area contributed by atoms with E-state index in [4.69, 9.17) is 9.47 Å². The number of imidazole rings is 1. The number of nitrogens with one attached hydrogen (secondary N) is 1. The number of rotatable bonds is 7. The van der Waals surface area contributed by atoms with E-state index in [-0.39, 0.29) is 29.0 Å². The number of ether oxygens (including phenoxy) is 2. The van der Waals surface area contributed by atoms with Crippen molar-refractivity contribution in [2.45, 2.75) is 6.54 Å². The van der Waals surface area contributed by atoms with Crippen molar-refractivity contribution in [2.75, 3.05) is 19.1 Å². The van der Waals surface area contributed by atoms with Crippen LogP contribution in [0.4, 0.5) is 20.2 Å². The van der Waals surface area contributed by atoms with Gasteiger partial charge in [0.2, 0.25) is 0 Å². The Balaban J connectivity index is 1.73. The minimum absolute atomic E-state index is 0.0419. The van der Waals surface area contributed by atoms with Gasteiger partial charge < -0.3 is 19.4 Å². The molecule has 0 spiro atoms. The molecular formula is C24H21F2N7O3. The first-order chi connectivity index (χ1) is 17.4. The number of benzene rings is 2. The highest BCUT2D eigenvalue weighted by Crippen LogP contribution is 2.41. The molecule has 0 saturated carbocycles. The van der Waals surface area contributed by atoms with E-state index in [1.54, 1.807) is 36.3 Å². The van der Waals surface area contributed by atoms with Crippen molar-refractivity contribution >= 4 is 22.3 Å². The lowest BCUT2D eigenvalue weighted by Gasteiger charge is -2.26. The van der Waals surface area contributed by atoms with Crippen LogP contribution in [0.5, 0.6) is 11.5 Å². The molecule has 36 heavy (non-hydrogen) atoms. The van der Waals surface area contributed by atoms with Gasteiger partial charge in [0.25, 0.3) is 5.56 Å². The first-order valence-corrected chi connectivity index (χ1v) is 10.8. The van der Waals surface area contributed by atoms with Crippen LogP contribution in [0.15, 0.2) is 60.2 Å². The van der Waals surface area contributed by atoms with E-state index in [0.29, 0.717) is 22.7 Å². The highest BCUT2D eigenvalue weighted by molar-refractivity contribution is 5.84. The van der Waals surface area contributed by atoms with Crippen molar-refractivity contribution in [1.82, 2.24) is 29.3 Å². The largest absolute Gasteiger partial charge is 0.493 e. The van der Waals surface area contributed by atoms with Crippen LogP contribution in [0.3, 0.4) is 0 Å². The third kappa shape index (κ3) is 3.91. The summed E-state index contributed by atoms with van der Waals surface area (Å²) in [5.74, 6) is -1.82. The predicted molar refractivity (Wildman–Crippen MR) is 128 cm³/mol. The summed E-state index contributed by atoms with van der Waals surface area (Å²) in [5, 5.41) is 4.35. The summed E-state index contributed by atoms with van der Waals surface area (Å²) in [7, 11) is 4.29. The van der Waals surface area contributed by atoms with E-state index < -0.39 is 17.3 Å². The molecule has 184 valence electrons. The first kappa shape index (κ1) is 23.0. The molecule has 3 heterocycles. The molecule has 0 saturated heterocycles. The van der Waals surface area contributed by atoms with Gasteiger partial charge in [0.05, 0.1) is 43.6 Å². The molecule has 0 unspecified atom stereocenters. The van der Waals surface area contributed by atoms with Crippen molar-refractivity contribution in [2.24, 2.45) is 7.05 Å². The van der Waals surface area contributed by atoms with Crippen molar-refractivity contribution in [3.05, 3.63) is 83.2 Å². The lowest BCUT2D eigenvalue weighted by Crippen LogP contribution is -2.22. The second-order valence-electron chi connectivity index (χ2n) is 7.87. The van der Waals surface area contributed by atoms with Gasteiger partial charge in [-0.05, 0) is 18.2 Å². The maximum absolute atomic E-state index is 15.5. The zero-order valence-electron chi connectivity index (χ0n) is 19.6. The molecule has 5 aromatic rings. The van der Waals surface area contributed by atoms with E-state index >= 15 is 8.78 Å². The molecule has 5 rings (SSSR count). The smallest absolute Gasteiger partial charge is 0.265 e. The summed E-state index contributed by atoms with van der Waals surface area (Å²) in [4.78, 5) is 26.2. The van der Waals surface area contributed by atoms with Gasteiger partial charge in [-0.3, -0.25) is 14.0 Å². The van der Waals surface area contributed by atoms with Crippen LogP contribution in [0.25, 0.3) is 16.6 Å². The quantitative estimate of drug-likeness (QED) is 0.370. The second kappa shape index (κ2) is 9.13. The standard InChI is InChI=1S/C24H21F2N7O3/c1-31-11-15(10-30-31)33-13-29-17-5-4-14(8-16(17)24(33)34)32(12-20-27-6-7-28-20)23-21(25)18(35-2)9-19(36-3)22(23)26/h4-11,13H,12H2,1-3H3,(H,27,28). The van der Waals surface area contributed by atoms with Crippen molar-refractivity contribution < 1.29 is 18.3 Å². The summed E-state index contributed by atoms with van der Waals surface area (Å²) in [6, 6.07) is 5.90. The lowest BCUT2D eigenvalue weighted by molar-refractivity contribution is 0.358. The average molecular weight is 493 g/mol. The van der Waals surface area contributed by atoms with Gasteiger partial charge in [0.15, 0.2) is 23.1 Å². The summed E-state index contributed by atoms with van der Waals surface area (Å²) >= 11 is 0. The monoisotopic (exact) mass is 493 g/mol. The highest BCUT2D eigenvalue weighted by Gasteiger charge is 2.27. The van der Waals surface area contributed by atoms with Gasteiger partial charge in [-0.1, -0.05) is 0 Å². The average Bonchev–Trinajstić information content (AvgIpc) is 3.55. The number of hydrogen-bond acceptors (Lipinski definition) is 7. The molecule has 0 atom stereocenters. The SMILES string of the molecule is COc1cc(OC)c(F)c(N(Cc2ncc[nH]2)c2ccc3ncn(-c4cnn(C)c4)c(=O)c3c2)c1F. The zero-order chi connectivity index (χ0) is 25.4. The van der Waals surface area contributed by atoms with Crippen LogP contribution in [-0.2, 0) is 13.6 Å². The number of halogens is 2. The van der Waals surface area contributed by atoms with Crippen LogP contribution < -0.4 is 19.9 Å². The Labute approximate surface area is 203 Å². The molecule has 0 aliphatic rings. The van der Waals surface area contributed by atoms with Crippen molar-refractivity contribution in [3.63, 3.8) is 0 Å². The lowest BCUT2D eigenvalue weighted by atomic mass is 10.1. The van der Waals surface area contributed by atoms with Crippen molar-refractivity contribution in [3.8, 4) is 17.2 Å². The number of aromatic nitrogens is 6. The fourth-order valence-corrected chi connectivity index (χ4v) is 3.94. The van der Waals surface area contributed by atoms with Gasteiger partial charge in [0.1, 0.15) is 17.8 Å². The Bertz CT molecular complexity index is 1580. The number of methoxy groups -OCH3 is 2. The summed E-state index contributed by atoms with van der Waals surface area (Å²) in [6.45, 7) is -0.0419. The number of anilines is 2. The highest BCUT2D eigenvalue weighted by atomic mass is 19.1. The van der Waals surface area contributed by atoms with Gasteiger partial charge in [-0.2, -0.15) is 5.10 Å². The zero-order valence-corrected chi connectivity index (χ0v) is 19.6. The predicted octanol–water partition coefficient (Wildman–Crippen LogP) is 3.48. The van der Waals surface area contributed by atoms with Gasteiger partial charge in [-0.15, -0.1) is 0 Å². The number of fused-ring (bicyclic) bond motifs is 1. The molecule has 3 aromatic heterocycles. The summed E-state index contributed by atoms with van der Waals surface area (Å²) in [5.41, 5.74) is 0.501. The Morgan fingerprint density at radius 1 is 1.08 bits per heavy atom. The fourth-order valence-electron chi connectivity index (χ4n) is 3.94. The van der Waals surface area contributed by atoms with Crippen LogP contribution in [0.1, 0.15) is 5.82 Å². The molecule has 2 aromatic carbocycles. The first-order valence-electron chi connectivity index (χ1n) is 10.8. The minimum atomic E-state index is -0.929. The van der Waals surface area contributed by atoms with Gasteiger partial charge >= 0.3 is 0 Å². The molecule has 0 amide bonds. The molecule has 0 radical (unpaired) electrons. The van der Waals surface area contributed by atoms with E-state index in [0.717, 1.165) is 6.07 Å². The molecular weight excluding hydrogens is 472 g/mol. The van der Waals surface area contributed by atoms with Crippen LogP contribution >= 0.6 is 0 Å². The fraction of sp³-hybridized carbons (Fsp3) is 0.167. The van der Waals surface area contributed by atoms with E-state index in [1.807, 2.05) is 0 Å². The Kier molecular flexibility index (Phi) is 5.84. The topological polar surface area (TPSA) is 103 Å². The van der Waals surface area contributed by atoms with Crippen LogP contribution in [0.2, 0.25) is 0 Å². The minimum Gasteiger partial charge on any atom is -0.493 e. The number of nitrogens with zero attached hydrogens (tertiary/aromatic N) is 6.